The van der Waals surface area contributed by atoms with E-state index in [2.05, 4.69) is 4.72 Å². The second kappa shape index (κ2) is 8.41. The number of ketones is 1. The van der Waals surface area contributed by atoms with E-state index in [1.54, 1.807) is 31.4 Å². The maximum Gasteiger partial charge on any atom is 0.137 e. The first-order valence-electron chi connectivity index (χ1n) is 8.58. The summed E-state index contributed by atoms with van der Waals surface area (Å²) in [7, 11) is 0.203. The van der Waals surface area contributed by atoms with Crippen LogP contribution < -0.4 is 9.46 Å². The molecule has 0 spiro atoms. The van der Waals surface area contributed by atoms with Crippen LogP contribution in [0.3, 0.4) is 0 Å². The minimum Gasteiger partial charge on any atom is -0.497 e. The molecule has 25 heavy (non-hydrogen) atoms. The lowest BCUT2D eigenvalue weighted by Gasteiger charge is -2.30. The first kappa shape index (κ1) is 17.8. The topological polar surface area (TPSA) is 55.4 Å². The van der Waals surface area contributed by atoms with E-state index in [1.165, 1.54) is 0 Å². The molecule has 0 aromatic heterocycles. The third kappa shape index (κ3) is 4.35. The van der Waals surface area contributed by atoms with Crippen LogP contribution in [0.4, 0.5) is 0 Å². The second-order valence-electron chi connectivity index (χ2n) is 6.27. The SMILES string of the molecule is COc1ccc(S(=O)N[C@@H](c2ccccc2)[C@@H]2CCCCC2=O)cc1. The van der Waals surface area contributed by atoms with Gasteiger partial charge in [-0.1, -0.05) is 36.8 Å². The van der Waals surface area contributed by atoms with Crippen molar-refractivity contribution >= 4 is 16.8 Å². The molecular formula is C20H23NO3S. The van der Waals surface area contributed by atoms with Crippen molar-refractivity contribution in [2.75, 3.05) is 7.11 Å². The lowest BCUT2D eigenvalue weighted by atomic mass is 9.80. The summed E-state index contributed by atoms with van der Waals surface area (Å²) in [4.78, 5) is 13.1. The van der Waals surface area contributed by atoms with Crippen molar-refractivity contribution < 1.29 is 13.7 Å². The van der Waals surface area contributed by atoms with Crippen LogP contribution in [0.15, 0.2) is 59.5 Å². The van der Waals surface area contributed by atoms with Gasteiger partial charge in [0, 0.05) is 12.3 Å². The summed E-state index contributed by atoms with van der Waals surface area (Å²) in [5.74, 6) is 0.862. The Hall–Kier alpha value is -1.98. The van der Waals surface area contributed by atoms with Gasteiger partial charge in [-0.15, -0.1) is 0 Å². The monoisotopic (exact) mass is 357 g/mol. The molecule has 4 nitrogen and oxygen atoms in total. The first-order valence-corrected chi connectivity index (χ1v) is 9.73. The molecule has 1 aliphatic rings. The average molecular weight is 357 g/mol. The fraction of sp³-hybridized carbons (Fsp3) is 0.350. The molecule has 1 unspecified atom stereocenters. The molecule has 0 radical (unpaired) electrons. The van der Waals surface area contributed by atoms with E-state index < -0.39 is 11.0 Å². The Balaban J connectivity index is 1.83. The summed E-state index contributed by atoms with van der Waals surface area (Å²) in [6.07, 6.45) is 3.45. The van der Waals surface area contributed by atoms with Gasteiger partial charge in [0.2, 0.25) is 0 Å². The zero-order chi connectivity index (χ0) is 17.6. The van der Waals surface area contributed by atoms with Crippen molar-refractivity contribution in [2.45, 2.75) is 36.6 Å². The zero-order valence-electron chi connectivity index (χ0n) is 14.3. The predicted molar refractivity (Wildman–Crippen MR) is 98.7 cm³/mol. The standard InChI is InChI=1S/C20H23NO3S/c1-24-16-11-13-17(14-12-16)25(23)21-20(15-7-3-2-4-8-15)18-9-5-6-10-19(18)22/h2-4,7-8,11-14,18,20-21H,5-6,9-10H2,1H3/t18-,20+,25?/m1/s1. The normalized spacial score (nSPS) is 20.0. The number of benzene rings is 2. The van der Waals surface area contributed by atoms with Crippen LogP contribution in [0.2, 0.25) is 0 Å². The third-order valence-electron chi connectivity index (χ3n) is 4.67. The Kier molecular flexibility index (Phi) is 6.00. The van der Waals surface area contributed by atoms with E-state index in [0.717, 1.165) is 30.6 Å². The van der Waals surface area contributed by atoms with Crippen LogP contribution in [-0.2, 0) is 15.8 Å². The smallest absolute Gasteiger partial charge is 0.137 e. The number of Topliss-reactive ketones (excluding diaryl/α,β-unsaturated/α-hetero) is 1. The lowest BCUT2D eigenvalue weighted by Crippen LogP contribution is -2.35. The summed E-state index contributed by atoms with van der Waals surface area (Å²) >= 11 is 0. The molecule has 2 aromatic carbocycles. The molecule has 1 aliphatic carbocycles. The van der Waals surface area contributed by atoms with Crippen LogP contribution in [-0.4, -0.2) is 17.1 Å². The van der Waals surface area contributed by atoms with Crippen LogP contribution in [0, 0.1) is 5.92 Å². The van der Waals surface area contributed by atoms with Gasteiger partial charge >= 0.3 is 0 Å². The molecule has 1 saturated carbocycles. The maximum atomic E-state index is 12.8. The Morgan fingerprint density at radius 1 is 1.08 bits per heavy atom. The molecule has 0 amide bonds. The van der Waals surface area contributed by atoms with Gasteiger partial charge in [-0.05, 0) is 42.7 Å². The number of carbonyl (C=O) groups excluding carboxylic acids is 1. The van der Waals surface area contributed by atoms with Crippen LogP contribution in [0.25, 0.3) is 0 Å². The molecule has 0 saturated heterocycles. The van der Waals surface area contributed by atoms with Gasteiger partial charge in [0.15, 0.2) is 0 Å². The van der Waals surface area contributed by atoms with Crippen LogP contribution in [0.5, 0.6) is 5.75 Å². The van der Waals surface area contributed by atoms with Crippen molar-refractivity contribution in [3.05, 3.63) is 60.2 Å². The number of carbonyl (C=O) groups is 1. The molecule has 1 N–H and O–H groups in total. The van der Waals surface area contributed by atoms with Crippen molar-refractivity contribution in [3.8, 4) is 5.75 Å². The Labute approximate surface area is 151 Å². The highest BCUT2D eigenvalue weighted by Crippen LogP contribution is 2.33. The average Bonchev–Trinajstić information content (AvgIpc) is 2.67. The van der Waals surface area contributed by atoms with Crippen molar-refractivity contribution in [1.29, 1.82) is 0 Å². The molecule has 2 aromatic rings. The van der Waals surface area contributed by atoms with Gasteiger partial charge in [0.25, 0.3) is 0 Å². The van der Waals surface area contributed by atoms with Crippen LogP contribution >= 0.6 is 0 Å². The highest BCUT2D eigenvalue weighted by Gasteiger charge is 2.32. The summed E-state index contributed by atoms with van der Waals surface area (Å²) in [5, 5.41) is 0. The van der Waals surface area contributed by atoms with Crippen molar-refractivity contribution in [2.24, 2.45) is 5.92 Å². The van der Waals surface area contributed by atoms with Crippen molar-refractivity contribution in [3.63, 3.8) is 0 Å². The molecule has 0 aliphatic heterocycles. The summed E-state index contributed by atoms with van der Waals surface area (Å²) < 4.78 is 21.2. The highest BCUT2D eigenvalue weighted by atomic mass is 32.2. The predicted octanol–water partition coefficient (Wildman–Crippen LogP) is 3.81. The fourth-order valence-corrected chi connectivity index (χ4v) is 4.34. The van der Waals surface area contributed by atoms with E-state index in [9.17, 15) is 9.00 Å². The molecule has 132 valence electrons. The first-order chi connectivity index (χ1) is 12.2. The Morgan fingerprint density at radius 2 is 1.80 bits per heavy atom. The summed E-state index contributed by atoms with van der Waals surface area (Å²) in [6.45, 7) is 0. The zero-order valence-corrected chi connectivity index (χ0v) is 15.1. The van der Waals surface area contributed by atoms with E-state index in [0.29, 0.717) is 11.3 Å². The largest absolute Gasteiger partial charge is 0.497 e. The minimum atomic E-state index is -1.40. The number of nitrogens with one attached hydrogen (secondary N) is 1. The highest BCUT2D eigenvalue weighted by molar-refractivity contribution is 7.83. The lowest BCUT2D eigenvalue weighted by molar-refractivity contribution is -0.125. The second-order valence-corrected chi connectivity index (χ2v) is 7.51. The molecule has 5 heteroatoms. The third-order valence-corrected chi connectivity index (χ3v) is 5.84. The van der Waals surface area contributed by atoms with E-state index in [1.807, 2.05) is 30.3 Å². The Bertz CT molecular complexity index is 730. The summed E-state index contributed by atoms with van der Waals surface area (Å²) in [6, 6.07) is 16.7. The maximum absolute atomic E-state index is 12.8. The molecule has 3 rings (SSSR count). The number of hydrogen-bond donors (Lipinski definition) is 1. The van der Waals surface area contributed by atoms with Gasteiger partial charge in [0.1, 0.15) is 22.5 Å². The van der Waals surface area contributed by atoms with Gasteiger partial charge in [-0.2, -0.15) is 0 Å². The minimum absolute atomic E-state index is 0.127. The van der Waals surface area contributed by atoms with E-state index in [-0.39, 0.29) is 17.7 Å². The quantitative estimate of drug-likeness (QED) is 0.855. The van der Waals surface area contributed by atoms with E-state index in [4.69, 9.17) is 4.74 Å². The number of ether oxygens (including phenoxy) is 1. The van der Waals surface area contributed by atoms with Gasteiger partial charge in [0.05, 0.1) is 18.0 Å². The number of rotatable bonds is 6. The Morgan fingerprint density at radius 3 is 2.44 bits per heavy atom. The number of methoxy groups -OCH3 is 1. The van der Waals surface area contributed by atoms with Gasteiger partial charge < -0.3 is 4.74 Å². The van der Waals surface area contributed by atoms with Crippen molar-refractivity contribution in [1.82, 2.24) is 4.72 Å². The van der Waals surface area contributed by atoms with Gasteiger partial charge in [-0.25, -0.2) is 8.93 Å². The fourth-order valence-electron chi connectivity index (χ4n) is 3.29. The van der Waals surface area contributed by atoms with Gasteiger partial charge in [-0.3, -0.25) is 4.79 Å². The van der Waals surface area contributed by atoms with Crippen LogP contribution in [0.1, 0.15) is 37.3 Å². The number of hydrogen-bond acceptors (Lipinski definition) is 3. The molecule has 1 fully saturated rings. The summed E-state index contributed by atoms with van der Waals surface area (Å²) in [5.41, 5.74) is 1.00. The molecule has 0 bridgehead atoms. The van der Waals surface area contributed by atoms with E-state index >= 15 is 0 Å². The molecule has 0 heterocycles. The molecule has 3 atom stereocenters. The molecular weight excluding hydrogens is 334 g/mol.